The molecule has 0 aromatic heterocycles. The topological polar surface area (TPSA) is 86.0 Å². The summed E-state index contributed by atoms with van der Waals surface area (Å²) in [5.41, 5.74) is 18.0. The first-order valence-electron chi connectivity index (χ1n) is 12.7. The monoisotopic (exact) mass is 474 g/mol. The molecule has 1 aromatic carbocycles. The standard InChI is InChI=1S/C24H35FN4O.2C2H6/c1-6-19(8-7-10-26)24(29-18(5)25)23(17(4)27)28-16(3)13-21-14-22-20(9-11-30-22)12-15(21)2;2*1-2/h12,14,19H,5-11,13,26-27H2,1-4H3;2*1-2H3/b23-17-,28-16?,29-24-;;. The summed E-state index contributed by atoms with van der Waals surface area (Å²) in [4.78, 5) is 8.89. The molecule has 1 atom stereocenters. The molecule has 6 heteroatoms. The molecule has 0 radical (unpaired) electrons. The molecule has 1 unspecified atom stereocenters. The molecule has 0 bridgehead atoms. The molecule has 0 aliphatic carbocycles. The van der Waals surface area contributed by atoms with E-state index in [1.807, 2.05) is 41.5 Å². The quantitative estimate of drug-likeness (QED) is 0.288. The Labute approximate surface area is 207 Å². The number of aryl methyl sites for hydroxylation is 1. The second-order valence-electron chi connectivity index (χ2n) is 7.95. The number of allylic oxidation sites excluding steroid dienone is 2. The Morgan fingerprint density at radius 3 is 2.35 bits per heavy atom. The molecule has 0 saturated carbocycles. The summed E-state index contributed by atoms with van der Waals surface area (Å²) in [6, 6.07) is 4.29. The molecule has 1 heterocycles. The van der Waals surface area contributed by atoms with Crippen molar-refractivity contribution < 1.29 is 9.13 Å². The zero-order valence-corrected chi connectivity index (χ0v) is 22.7. The van der Waals surface area contributed by atoms with Crippen LogP contribution in [0.1, 0.15) is 84.4 Å². The van der Waals surface area contributed by atoms with Crippen molar-refractivity contribution in [2.24, 2.45) is 27.4 Å². The van der Waals surface area contributed by atoms with Crippen LogP contribution >= 0.6 is 0 Å². The maximum absolute atomic E-state index is 13.7. The van der Waals surface area contributed by atoms with Gasteiger partial charge >= 0.3 is 0 Å². The first kappa shape index (κ1) is 31.5. The van der Waals surface area contributed by atoms with Gasteiger partial charge in [-0.25, -0.2) is 4.99 Å². The minimum absolute atomic E-state index is 0.0150. The number of rotatable bonds is 10. The first-order chi connectivity index (χ1) is 16.3. The van der Waals surface area contributed by atoms with Gasteiger partial charge in [0, 0.05) is 30.2 Å². The van der Waals surface area contributed by atoms with Gasteiger partial charge in [-0.15, -0.1) is 0 Å². The Morgan fingerprint density at radius 1 is 1.18 bits per heavy atom. The van der Waals surface area contributed by atoms with Crippen LogP contribution in [0.25, 0.3) is 0 Å². The maximum atomic E-state index is 13.7. The maximum Gasteiger partial charge on any atom is 0.205 e. The molecule has 1 aliphatic heterocycles. The van der Waals surface area contributed by atoms with Crippen LogP contribution in [0.15, 0.2) is 46.0 Å². The number of ether oxygens (including phenoxy) is 1. The lowest BCUT2D eigenvalue weighted by atomic mass is 9.91. The number of benzene rings is 1. The average Bonchev–Trinajstić information content (AvgIpc) is 3.26. The van der Waals surface area contributed by atoms with Gasteiger partial charge in [-0.3, -0.25) is 4.99 Å². The van der Waals surface area contributed by atoms with Crippen LogP contribution in [0.2, 0.25) is 0 Å². The first-order valence-corrected chi connectivity index (χ1v) is 12.7. The van der Waals surface area contributed by atoms with Gasteiger partial charge in [0.25, 0.3) is 0 Å². The van der Waals surface area contributed by atoms with Crippen LogP contribution in [0.3, 0.4) is 0 Å². The van der Waals surface area contributed by atoms with Gasteiger partial charge in [0.2, 0.25) is 5.95 Å². The Bertz CT molecular complexity index is 867. The molecule has 5 nitrogen and oxygen atoms in total. The van der Waals surface area contributed by atoms with Crippen molar-refractivity contribution in [3.05, 3.63) is 52.7 Å². The Kier molecular flexibility index (Phi) is 15.8. The molecule has 0 spiro atoms. The summed E-state index contributed by atoms with van der Waals surface area (Å²) in [7, 11) is 0. The highest BCUT2D eigenvalue weighted by Gasteiger charge is 2.21. The van der Waals surface area contributed by atoms with Crippen molar-refractivity contribution in [2.75, 3.05) is 13.2 Å². The molecular weight excluding hydrogens is 427 g/mol. The minimum Gasteiger partial charge on any atom is -0.493 e. The second kappa shape index (κ2) is 17.0. The Morgan fingerprint density at radius 2 is 1.82 bits per heavy atom. The molecule has 192 valence electrons. The average molecular weight is 475 g/mol. The zero-order valence-electron chi connectivity index (χ0n) is 22.7. The predicted octanol–water partition coefficient (Wildman–Crippen LogP) is 6.82. The van der Waals surface area contributed by atoms with Crippen LogP contribution in [0.5, 0.6) is 5.75 Å². The molecular formula is C28H47FN4O. The Balaban J connectivity index is 0.00000258. The van der Waals surface area contributed by atoms with Gasteiger partial charge < -0.3 is 16.2 Å². The third-order valence-electron chi connectivity index (χ3n) is 5.39. The van der Waals surface area contributed by atoms with E-state index in [0.29, 0.717) is 30.1 Å². The summed E-state index contributed by atoms with van der Waals surface area (Å²) >= 11 is 0. The molecule has 34 heavy (non-hydrogen) atoms. The van der Waals surface area contributed by atoms with Gasteiger partial charge in [-0.1, -0.05) is 40.7 Å². The van der Waals surface area contributed by atoms with E-state index in [0.717, 1.165) is 49.3 Å². The van der Waals surface area contributed by atoms with E-state index in [-0.39, 0.29) is 5.92 Å². The van der Waals surface area contributed by atoms with E-state index in [9.17, 15) is 4.39 Å². The van der Waals surface area contributed by atoms with Gasteiger partial charge in [0.15, 0.2) is 0 Å². The lowest BCUT2D eigenvalue weighted by Crippen LogP contribution is -2.21. The van der Waals surface area contributed by atoms with Gasteiger partial charge in [-0.05, 0) is 75.9 Å². The highest BCUT2D eigenvalue weighted by molar-refractivity contribution is 6.04. The van der Waals surface area contributed by atoms with Crippen molar-refractivity contribution in [3.8, 4) is 5.75 Å². The number of halogens is 1. The lowest BCUT2D eigenvalue weighted by molar-refractivity contribution is 0.356. The molecule has 1 aliphatic rings. The van der Waals surface area contributed by atoms with Crippen molar-refractivity contribution >= 4 is 11.4 Å². The van der Waals surface area contributed by atoms with E-state index in [2.05, 4.69) is 30.6 Å². The molecule has 0 amide bonds. The van der Waals surface area contributed by atoms with E-state index in [4.69, 9.17) is 21.2 Å². The highest BCUT2D eigenvalue weighted by atomic mass is 19.1. The molecule has 1 aromatic rings. The SMILES string of the molecule is C=C(F)/N=C(\C(N=C(C)Cc1cc2c(cc1C)CCO2)=C(/C)N)C(CC)CCCN.CC.CC. The van der Waals surface area contributed by atoms with E-state index < -0.39 is 5.95 Å². The summed E-state index contributed by atoms with van der Waals surface area (Å²) in [5.74, 6) is 0.230. The largest absolute Gasteiger partial charge is 0.493 e. The predicted molar refractivity (Wildman–Crippen MR) is 147 cm³/mol. The van der Waals surface area contributed by atoms with Crippen molar-refractivity contribution in [3.63, 3.8) is 0 Å². The number of aliphatic imine (C=N–C) groups is 2. The normalized spacial score (nSPS) is 14.5. The number of fused-ring (bicyclic) bond motifs is 1. The van der Waals surface area contributed by atoms with Crippen LogP contribution in [-0.4, -0.2) is 24.6 Å². The second-order valence-corrected chi connectivity index (χ2v) is 7.95. The minimum atomic E-state index is -0.741. The van der Waals surface area contributed by atoms with Crippen molar-refractivity contribution in [2.45, 2.75) is 87.5 Å². The third-order valence-corrected chi connectivity index (χ3v) is 5.39. The van der Waals surface area contributed by atoms with Gasteiger partial charge in [0.05, 0.1) is 12.3 Å². The van der Waals surface area contributed by atoms with E-state index >= 15 is 0 Å². The van der Waals surface area contributed by atoms with Crippen LogP contribution in [-0.2, 0) is 12.8 Å². The van der Waals surface area contributed by atoms with E-state index in [1.54, 1.807) is 6.92 Å². The van der Waals surface area contributed by atoms with Crippen LogP contribution in [0, 0.1) is 12.8 Å². The smallest absolute Gasteiger partial charge is 0.205 e. The molecule has 4 N–H and O–H groups in total. The molecule has 0 saturated heterocycles. The van der Waals surface area contributed by atoms with Crippen molar-refractivity contribution in [1.82, 2.24) is 0 Å². The van der Waals surface area contributed by atoms with Gasteiger partial charge in [0.1, 0.15) is 11.4 Å². The summed E-state index contributed by atoms with van der Waals surface area (Å²) in [6.07, 6.45) is 4.02. The number of hydrogen-bond acceptors (Lipinski definition) is 5. The number of nitrogens with zero attached hydrogens (tertiary/aromatic N) is 2. The fourth-order valence-electron chi connectivity index (χ4n) is 3.80. The number of nitrogens with two attached hydrogens (primary N) is 2. The number of hydrogen-bond donors (Lipinski definition) is 2. The van der Waals surface area contributed by atoms with Gasteiger partial charge in [-0.2, -0.15) is 4.39 Å². The van der Waals surface area contributed by atoms with Crippen molar-refractivity contribution in [1.29, 1.82) is 0 Å². The summed E-state index contributed by atoms with van der Waals surface area (Å²) < 4.78 is 19.4. The van der Waals surface area contributed by atoms with E-state index in [1.165, 1.54) is 11.1 Å². The van der Waals surface area contributed by atoms with Crippen LogP contribution < -0.4 is 16.2 Å². The fraction of sp³-hybridized carbons (Fsp3) is 0.571. The summed E-state index contributed by atoms with van der Waals surface area (Å²) in [6.45, 7) is 20.5. The zero-order chi connectivity index (χ0) is 26.3. The Hall–Kier alpha value is -2.47. The fourth-order valence-corrected chi connectivity index (χ4v) is 3.80. The highest BCUT2D eigenvalue weighted by Crippen LogP contribution is 2.29. The molecule has 0 fully saturated rings. The van der Waals surface area contributed by atoms with Crippen LogP contribution in [0.4, 0.5) is 4.39 Å². The molecule has 2 rings (SSSR count). The lowest BCUT2D eigenvalue weighted by Gasteiger charge is -2.19. The summed E-state index contributed by atoms with van der Waals surface area (Å²) in [5, 5.41) is 0. The third kappa shape index (κ3) is 9.80.